The molecular formula is C124H162O18. The molecule has 0 saturated heterocycles. The molecule has 0 aromatic heterocycles. The molecule has 0 unspecified atom stereocenters. The van der Waals surface area contributed by atoms with E-state index in [2.05, 4.69) is 307 Å². The van der Waals surface area contributed by atoms with Crippen LogP contribution in [-0.2, 0) is 0 Å². The molecule has 142 heavy (non-hydrogen) atoms. The number of ether oxygens (including phenoxy) is 18. The van der Waals surface area contributed by atoms with Crippen molar-refractivity contribution in [3.63, 3.8) is 0 Å². The summed E-state index contributed by atoms with van der Waals surface area (Å²) in [7, 11) is 0. The maximum Gasteiger partial charge on any atom is 0.127 e. The Kier molecular flexibility index (Phi) is 51.4. The molecule has 0 aliphatic carbocycles. The van der Waals surface area contributed by atoms with E-state index in [4.69, 9.17) is 85.3 Å². The van der Waals surface area contributed by atoms with E-state index in [0.29, 0.717) is 176 Å². The molecule has 0 aliphatic heterocycles. The smallest absolute Gasteiger partial charge is 0.127 e. The van der Waals surface area contributed by atoms with Crippen LogP contribution in [0.25, 0.3) is 97.2 Å². The lowest BCUT2D eigenvalue weighted by Crippen LogP contribution is -2.03. The fraction of sp³-hybridized carbons (Fsp3) is 0.435. The summed E-state index contributed by atoms with van der Waals surface area (Å²) in [5.41, 5.74) is 13.7. The van der Waals surface area contributed by atoms with Crippen LogP contribution < -0.4 is 85.3 Å². The molecule has 0 radical (unpaired) electrons. The largest absolute Gasteiger partial charge is 0.494 e. The highest BCUT2D eigenvalue weighted by Crippen LogP contribution is 2.44. The summed E-state index contributed by atoms with van der Waals surface area (Å²) in [6.45, 7) is 47.6. The van der Waals surface area contributed by atoms with Crippen LogP contribution in [0.1, 0.15) is 329 Å². The van der Waals surface area contributed by atoms with Gasteiger partial charge in [0.2, 0.25) is 0 Å². The highest BCUT2D eigenvalue weighted by molar-refractivity contribution is 5.88. The zero-order valence-electron chi connectivity index (χ0n) is 88.6. The third-order valence-electron chi connectivity index (χ3n) is 21.8. The van der Waals surface area contributed by atoms with Crippen LogP contribution in [0, 0.1) is 0 Å². The Bertz CT molecular complexity index is 5160. The van der Waals surface area contributed by atoms with Crippen LogP contribution in [-0.4, -0.2) is 119 Å². The topological polar surface area (TPSA) is 166 Å². The van der Waals surface area contributed by atoms with Crippen molar-refractivity contribution in [1.82, 2.24) is 0 Å². The first kappa shape index (κ1) is 113. The molecule has 18 nitrogen and oxygen atoms in total. The number of hydrogen-bond donors (Lipinski definition) is 0. The summed E-state index contributed by atoms with van der Waals surface area (Å²) in [6.07, 6.45) is 48.3. The van der Waals surface area contributed by atoms with Gasteiger partial charge in [0.15, 0.2) is 0 Å². The summed E-state index contributed by atoms with van der Waals surface area (Å²) in [6, 6.07) is 41.1. The van der Waals surface area contributed by atoms with Crippen LogP contribution in [0.3, 0.4) is 0 Å². The van der Waals surface area contributed by atoms with E-state index >= 15 is 0 Å². The third kappa shape index (κ3) is 36.1. The van der Waals surface area contributed by atoms with Gasteiger partial charge in [-0.25, -0.2) is 0 Å². The van der Waals surface area contributed by atoms with E-state index in [0.717, 1.165) is 251 Å². The highest BCUT2D eigenvalue weighted by Gasteiger charge is 2.22. The number of hydrogen-bond acceptors (Lipinski definition) is 18. The van der Waals surface area contributed by atoms with Gasteiger partial charge in [0.1, 0.15) is 103 Å². The number of rotatable bonds is 70. The van der Waals surface area contributed by atoms with E-state index in [9.17, 15) is 0 Å². The Hall–Kier alpha value is -12.7. The van der Waals surface area contributed by atoms with Gasteiger partial charge in [-0.1, -0.05) is 222 Å². The normalized spacial score (nSPS) is 11.7. The number of benzene rings is 9. The quantitative estimate of drug-likeness (QED) is 0.0330. The second-order valence-electron chi connectivity index (χ2n) is 34.8. The van der Waals surface area contributed by atoms with Crippen LogP contribution in [0.5, 0.6) is 103 Å². The molecule has 0 heterocycles. The highest BCUT2D eigenvalue weighted by atomic mass is 16.5. The molecule has 9 aromatic carbocycles. The lowest BCUT2D eigenvalue weighted by atomic mass is 10.0. The lowest BCUT2D eigenvalue weighted by Gasteiger charge is -2.17. The van der Waals surface area contributed by atoms with Gasteiger partial charge >= 0.3 is 0 Å². The lowest BCUT2D eigenvalue weighted by molar-refractivity contribution is 0.307. The molecule has 0 bridgehead atoms. The molecule has 0 aliphatic rings. The van der Waals surface area contributed by atoms with Gasteiger partial charge in [0, 0.05) is 89.0 Å². The Morgan fingerprint density at radius 3 is 0.310 bits per heavy atom. The van der Waals surface area contributed by atoms with E-state index in [1.54, 1.807) is 0 Å². The zero-order chi connectivity index (χ0) is 101. The van der Waals surface area contributed by atoms with E-state index < -0.39 is 0 Å². The minimum absolute atomic E-state index is 0.493. The molecule has 0 saturated carbocycles. The van der Waals surface area contributed by atoms with E-state index in [1.165, 1.54) is 0 Å². The average molecular weight is 1940 g/mol. The maximum absolute atomic E-state index is 6.72. The van der Waals surface area contributed by atoms with Crippen molar-refractivity contribution >= 4 is 97.2 Å². The third-order valence-corrected chi connectivity index (χ3v) is 21.8. The van der Waals surface area contributed by atoms with E-state index in [-0.39, 0.29) is 0 Å². The zero-order valence-corrected chi connectivity index (χ0v) is 88.6. The Morgan fingerprint density at radius 2 is 0.204 bits per heavy atom. The minimum Gasteiger partial charge on any atom is -0.494 e. The molecule has 0 amide bonds. The molecular weight excluding hydrogens is 1780 g/mol. The predicted octanol–water partition coefficient (Wildman–Crippen LogP) is 33.2. The summed E-state index contributed by atoms with van der Waals surface area (Å²) in [5.74, 6) is 13.1. The van der Waals surface area contributed by atoms with Gasteiger partial charge < -0.3 is 85.3 Å². The van der Waals surface area contributed by atoms with Crippen molar-refractivity contribution in [1.29, 1.82) is 0 Å². The Balaban J connectivity index is 1.07. The van der Waals surface area contributed by atoms with Crippen molar-refractivity contribution in [3.05, 3.63) is 210 Å². The first-order valence-electron chi connectivity index (χ1n) is 52.9. The van der Waals surface area contributed by atoms with Gasteiger partial charge in [0.25, 0.3) is 0 Å². The van der Waals surface area contributed by atoms with Crippen molar-refractivity contribution in [2.75, 3.05) is 119 Å². The molecule has 0 N–H and O–H groups in total. The van der Waals surface area contributed by atoms with Gasteiger partial charge in [-0.05, 0) is 237 Å². The van der Waals surface area contributed by atoms with Gasteiger partial charge in [-0.2, -0.15) is 0 Å². The average Bonchev–Trinajstić information content (AvgIpc) is 0.743. The SMILES string of the molecule is CCCOc1ccc(OCCC)c(/C=C/c2cc(OCCC)c(/C=C/c3cc(OCCC)c(/C=C/c4cc(OCCC)c(/C=C/c5cc(OCCC)c(/C=C/c6cc(OCCC)c(/C=C/c7cc(OCCC)c(/C=C/c8cc(OCCC)c(/C=C/c9cc(OCCC)ccc9OCCC)cc8OCCC)cc7OCCC)cc6OCCC)cc5OCCC)cc4OCCC)cc3OCCC)cc2OCCC)c1. The minimum atomic E-state index is 0.493. The van der Waals surface area contributed by atoms with Crippen molar-refractivity contribution in [3.8, 4) is 103 Å². The molecule has 18 heteroatoms. The summed E-state index contributed by atoms with van der Waals surface area (Å²) >= 11 is 0. The standard InChI is InChI=1S/C124H162O18/c1-19-57-125-107-53-55-109(127-59-21-3)91(75-107)37-39-93-77-113(131-63-25-7)95(79-111(93)129-61-23-5)41-43-97-81-117(135-67-29-11)99(83-115(97)133-65-27-9)45-47-101-85-121(139-71-33-15)103(87-119(101)137-69-31-13)49-51-105-89-124(142-74-36-18)106(90-123(105)141-73-35-17)52-50-104-88-120(138-70-32-14)102(86-122(104)140-72-34-16)48-46-100-84-116(134-66-28-10)98(82-118(100)136-68-30-12)44-42-96-80-112(130-62-24-6)94(78-114(96)132-64-26-8)40-38-92-76-108(126-58-20-2)54-56-110(92)128-60-22-4/h37-56,75-90H,19-36,57-74H2,1-18H3/b39-37+,40-38+,43-41+,44-42+,47-45+,48-46+,51-49+,52-50+. The Morgan fingerprint density at radius 1 is 0.113 bits per heavy atom. The maximum atomic E-state index is 6.72. The molecule has 0 fully saturated rings. The summed E-state index contributed by atoms with van der Waals surface area (Å²) in [4.78, 5) is 0. The van der Waals surface area contributed by atoms with Crippen molar-refractivity contribution in [2.24, 2.45) is 0 Å². The summed E-state index contributed by atoms with van der Waals surface area (Å²) < 4.78 is 118. The molecule has 766 valence electrons. The fourth-order valence-corrected chi connectivity index (χ4v) is 14.7. The van der Waals surface area contributed by atoms with Crippen LogP contribution in [0.4, 0.5) is 0 Å². The first-order chi connectivity index (χ1) is 69.6. The van der Waals surface area contributed by atoms with Crippen LogP contribution >= 0.6 is 0 Å². The second-order valence-corrected chi connectivity index (χ2v) is 34.8. The van der Waals surface area contributed by atoms with Crippen molar-refractivity contribution in [2.45, 2.75) is 240 Å². The molecule has 0 spiro atoms. The summed E-state index contributed by atoms with van der Waals surface area (Å²) in [5, 5.41) is 0. The van der Waals surface area contributed by atoms with Crippen LogP contribution in [0.15, 0.2) is 121 Å². The van der Waals surface area contributed by atoms with E-state index in [1.807, 2.05) is 36.4 Å². The van der Waals surface area contributed by atoms with Crippen LogP contribution in [0.2, 0.25) is 0 Å². The first-order valence-corrected chi connectivity index (χ1v) is 52.9. The molecule has 9 rings (SSSR count). The monoisotopic (exact) mass is 1940 g/mol. The van der Waals surface area contributed by atoms with Gasteiger partial charge in [-0.15, -0.1) is 0 Å². The molecule has 0 atom stereocenters. The Labute approximate surface area is 850 Å². The van der Waals surface area contributed by atoms with Gasteiger partial charge in [-0.3, -0.25) is 0 Å². The predicted molar refractivity (Wildman–Crippen MR) is 594 cm³/mol. The molecule has 9 aromatic rings. The fourth-order valence-electron chi connectivity index (χ4n) is 14.7. The van der Waals surface area contributed by atoms with Crippen molar-refractivity contribution < 1.29 is 85.3 Å². The second kappa shape index (κ2) is 64.7. The van der Waals surface area contributed by atoms with Gasteiger partial charge in [0.05, 0.1) is 119 Å².